The average molecular weight is 496 g/mol. The van der Waals surface area contributed by atoms with Gasteiger partial charge in [-0.05, 0) is 49.6 Å². The van der Waals surface area contributed by atoms with Gasteiger partial charge < -0.3 is 10.2 Å². The van der Waals surface area contributed by atoms with Gasteiger partial charge in [-0.25, -0.2) is 8.78 Å². The van der Waals surface area contributed by atoms with Gasteiger partial charge in [-0.2, -0.15) is 0 Å². The zero-order chi connectivity index (χ0) is 24.5. The second-order valence-electron chi connectivity index (χ2n) is 8.58. The normalized spacial score (nSPS) is 14.5. The largest absolute Gasteiger partial charge is 0.342 e. The highest BCUT2D eigenvalue weighted by Crippen LogP contribution is 2.27. The van der Waals surface area contributed by atoms with E-state index in [4.69, 9.17) is 0 Å². The first-order chi connectivity index (χ1) is 16.9. The van der Waals surface area contributed by atoms with Crippen molar-refractivity contribution in [2.45, 2.75) is 24.9 Å². The van der Waals surface area contributed by atoms with E-state index in [0.717, 1.165) is 34.2 Å². The number of rotatable bonds is 5. The Bertz CT molecular complexity index is 1430. The van der Waals surface area contributed by atoms with Gasteiger partial charge in [0, 0.05) is 36.1 Å². The molecule has 180 valence electrons. The number of pyridine rings is 1. The number of aromatic nitrogens is 3. The summed E-state index contributed by atoms with van der Waals surface area (Å²) in [5.74, 6) is -2.33. The maximum absolute atomic E-state index is 13.4. The minimum Gasteiger partial charge on any atom is -0.342 e. The van der Waals surface area contributed by atoms with Crippen LogP contribution in [-0.2, 0) is 9.59 Å². The average Bonchev–Trinajstić information content (AvgIpc) is 3.28. The fourth-order valence-electron chi connectivity index (χ4n) is 4.40. The van der Waals surface area contributed by atoms with E-state index in [0.29, 0.717) is 31.1 Å². The number of benzene rings is 2. The molecular weight excluding hydrogens is 472 g/mol. The Morgan fingerprint density at radius 1 is 1.06 bits per heavy atom. The molecule has 1 saturated heterocycles. The molecule has 1 aliphatic rings. The molecule has 0 saturated carbocycles. The summed E-state index contributed by atoms with van der Waals surface area (Å²) in [5, 5.41) is 13.0. The van der Waals surface area contributed by atoms with Crippen LogP contribution in [0, 0.1) is 24.5 Å². The number of para-hydroxylation sites is 1. The molecule has 1 N–H and O–H groups in total. The lowest BCUT2D eigenvalue weighted by Crippen LogP contribution is -2.42. The molecule has 10 heteroatoms. The number of halogens is 2. The van der Waals surface area contributed by atoms with E-state index in [1.807, 2.05) is 35.6 Å². The van der Waals surface area contributed by atoms with Crippen LogP contribution < -0.4 is 5.32 Å². The second kappa shape index (κ2) is 9.61. The van der Waals surface area contributed by atoms with E-state index in [1.165, 1.54) is 17.8 Å². The molecule has 3 heterocycles. The molecule has 5 rings (SSSR count). The summed E-state index contributed by atoms with van der Waals surface area (Å²) in [6, 6.07) is 13.3. The number of aryl methyl sites for hydroxylation is 1. The predicted molar refractivity (Wildman–Crippen MR) is 130 cm³/mol. The summed E-state index contributed by atoms with van der Waals surface area (Å²) >= 11 is 1.34. The lowest BCUT2D eigenvalue weighted by Gasteiger charge is -2.31. The van der Waals surface area contributed by atoms with Crippen LogP contribution in [0.3, 0.4) is 0 Å². The number of amides is 2. The van der Waals surface area contributed by atoms with Crippen LogP contribution >= 0.6 is 11.8 Å². The quantitative estimate of drug-likeness (QED) is 0.414. The van der Waals surface area contributed by atoms with E-state index >= 15 is 0 Å². The SMILES string of the molecule is Cc1cc2nnc(SCC(=O)N3CCC(C(=O)Nc4ccc(F)c(F)c4)CC3)n2c2ccccc12. The first-order valence-corrected chi connectivity index (χ1v) is 12.3. The number of carbonyl (C=O) groups is 2. The Hall–Kier alpha value is -3.53. The van der Waals surface area contributed by atoms with Crippen molar-refractivity contribution in [3.8, 4) is 0 Å². The topological polar surface area (TPSA) is 79.6 Å². The monoisotopic (exact) mass is 495 g/mol. The third-order valence-electron chi connectivity index (χ3n) is 6.30. The number of likely N-dealkylation sites (tertiary alicyclic amines) is 1. The van der Waals surface area contributed by atoms with E-state index < -0.39 is 11.6 Å². The molecule has 7 nitrogen and oxygen atoms in total. The Kier molecular flexibility index (Phi) is 6.38. The molecule has 0 aliphatic carbocycles. The van der Waals surface area contributed by atoms with Crippen molar-refractivity contribution < 1.29 is 18.4 Å². The fraction of sp³-hybridized carbons (Fsp3) is 0.280. The van der Waals surface area contributed by atoms with Crippen LogP contribution in [-0.4, -0.2) is 50.2 Å². The standard InChI is InChI=1S/C25H23F2N5O2S/c1-15-12-22-29-30-25(32(22)21-5-3-2-4-18(15)21)35-14-23(33)31-10-8-16(9-11-31)24(34)28-17-6-7-19(26)20(27)13-17/h2-7,12-13,16H,8-11,14H2,1H3,(H,28,34). The zero-order valence-electron chi connectivity index (χ0n) is 19.0. The van der Waals surface area contributed by atoms with Crippen LogP contribution in [0.4, 0.5) is 14.5 Å². The Morgan fingerprint density at radius 2 is 1.83 bits per heavy atom. The van der Waals surface area contributed by atoms with Gasteiger partial charge >= 0.3 is 0 Å². The van der Waals surface area contributed by atoms with E-state index in [9.17, 15) is 18.4 Å². The van der Waals surface area contributed by atoms with E-state index in [-0.39, 0.29) is 29.2 Å². The van der Waals surface area contributed by atoms with Gasteiger partial charge in [0.15, 0.2) is 22.4 Å². The number of carbonyl (C=O) groups excluding carboxylic acids is 2. The Labute approximate surface area is 204 Å². The van der Waals surface area contributed by atoms with Crippen LogP contribution in [0.15, 0.2) is 53.7 Å². The molecular formula is C25H23F2N5O2S. The Balaban J connectivity index is 1.18. The van der Waals surface area contributed by atoms with Gasteiger partial charge in [0.25, 0.3) is 0 Å². The minimum absolute atomic E-state index is 0.0253. The number of anilines is 1. The summed E-state index contributed by atoms with van der Waals surface area (Å²) in [6.45, 7) is 2.95. The summed E-state index contributed by atoms with van der Waals surface area (Å²) < 4.78 is 28.4. The van der Waals surface area contributed by atoms with Crippen LogP contribution in [0.2, 0.25) is 0 Å². The molecule has 2 aromatic heterocycles. The van der Waals surface area contributed by atoms with E-state index in [2.05, 4.69) is 21.6 Å². The van der Waals surface area contributed by atoms with Gasteiger partial charge in [-0.3, -0.25) is 14.0 Å². The predicted octanol–water partition coefficient (Wildman–Crippen LogP) is 4.44. The highest BCUT2D eigenvalue weighted by Gasteiger charge is 2.28. The van der Waals surface area contributed by atoms with Crippen molar-refractivity contribution in [2.24, 2.45) is 5.92 Å². The van der Waals surface area contributed by atoms with Crippen molar-refractivity contribution in [3.63, 3.8) is 0 Å². The molecule has 0 radical (unpaired) electrons. The lowest BCUT2D eigenvalue weighted by molar-refractivity contribution is -0.132. The maximum Gasteiger partial charge on any atom is 0.233 e. The number of nitrogens with one attached hydrogen (secondary N) is 1. The highest BCUT2D eigenvalue weighted by molar-refractivity contribution is 7.99. The highest BCUT2D eigenvalue weighted by atomic mass is 32.2. The number of nitrogens with zero attached hydrogens (tertiary/aromatic N) is 4. The molecule has 0 atom stereocenters. The minimum atomic E-state index is -1.01. The lowest BCUT2D eigenvalue weighted by atomic mass is 9.96. The molecule has 0 unspecified atom stereocenters. The molecule has 2 aromatic carbocycles. The molecule has 2 amide bonds. The smallest absolute Gasteiger partial charge is 0.233 e. The molecule has 0 spiro atoms. The first kappa shape index (κ1) is 23.2. The van der Waals surface area contributed by atoms with Gasteiger partial charge in [-0.1, -0.05) is 30.0 Å². The molecule has 35 heavy (non-hydrogen) atoms. The van der Waals surface area contributed by atoms with Crippen molar-refractivity contribution in [2.75, 3.05) is 24.2 Å². The van der Waals surface area contributed by atoms with Gasteiger partial charge in [0.05, 0.1) is 11.3 Å². The number of fused-ring (bicyclic) bond motifs is 3. The maximum atomic E-state index is 13.4. The van der Waals surface area contributed by atoms with Gasteiger partial charge in [0.1, 0.15) is 0 Å². The van der Waals surface area contributed by atoms with Crippen molar-refractivity contribution in [3.05, 3.63) is 65.7 Å². The van der Waals surface area contributed by atoms with E-state index in [1.54, 1.807) is 4.90 Å². The molecule has 1 aliphatic heterocycles. The van der Waals surface area contributed by atoms with Crippen LogP contribution in [0.5, 0.6) is 0 Å². The number of piperidine rings is 1. The van der Waals surface area contributed by atoms with Crippen molar-refractivity contribution in [1.82, 2.24) is 19.5 Å². The third kappa shape index (κ3) is 4.70. The number of thioether (sulfide) groups is 1. The van der Waals surface area contributed by atoms with Crippen LogP contribution in [0.1, 0.15) is 18.4 Å². The second-order valence-corrected chi connectivity index (χ2v) is 9.53. The number of hydrogen-bond acceptors (Lipinski definition) is 5. The fourth-order valence-corrected chi connectivity index (χ4v) is 5.25. The van der Waals surface area contributed by atoms with Crippen LogP contribution in [0.25, 0.3) is 16.6 Å². The summed E-state index contributed by atoms with van der Waals surface area (Å²) in [5.41, 5.74) is 3.07. The Morgan fingerprint density at radius 3 is 2.60 bits per heavy atom. The molecule has 1 fully saturated rings. The zero-order valence-corrected chi connectivity index (χ0v) is 19.8. The number of hydrogen-bond donors (Lipinski definition) is 1. The third-order valence-corrected chi connectivity index (χ3v) is 7.22. The van der Waals surface area contributed by atoms with Gasteiger partial charge in [0.2, 0.25) is 11.8 Å². The summed E-state index contributed by atoms with van der Waals surface area (Å²) in [4.78, 5) is 27.1. The summed E-state index contributed by atoms with van der Waals surface area (Å²) in [7, 11) is 0. The molecule has 0 bridgehead atoms. The first-order valence-electron chi connectivity index (χ1n) is 11.3. The molecule has 4 aromatic rings. The van der Waals surface area contributed by atoms with Crippen molar-refractivity contribution in [1.29, 1.82) is 0 Å². The summed E-state index contributed by atoms with van der Waals surface area (Å²) in [6.07, 6.45) is 1.01. The van der Waals surface area contributed by atoms with Gasteiger partial charge in [-0.15, -0.1) is 10.2 Å². The van der Waals surface area contributed by atoms with Crippen molar-refractivity contribution >= 4 is 45.8 Å².